The van der Waals surface area contributed by atoms with E-state index in [0.717, 1.165) is 6.07 Å². The number of rotatable bonds is 5. The van der Waals surface area contributed by atoms with Crippen LogP contribution in [0.15, 0.2) is 23.1 Å². The Balaban J connectivity index is 2.89. The number of alkyl halides is 3. The predicted octanol–water partition coefficient (Wildman–Crippen LogP) is 1.59. The van der Waals surface area contributed by atoms with Crippen molar-refractivity contribution in [3.05, 3.63) is 18.2 Å². The Bertz CT molecular complexity index is 542. The summed E-state index contributed by atoms with van der Waals surface area (Å²) in [5, 5.41) is 0. The third-order valence-electron chi connectivity index (χ3n) is 2.03. The molecule has 0 amide bonds. The highest BCUT2D eigenvalue weighted by molar-refractivity contribution is 7.91. The van der Waals surface area contributed by atoms with Crippen molar-refractivity contribution in [2.24, 2.45) is 0 Å². The predicted molar refractivity (Wildman–Crippen MR) is 61.5 cm³/mol. The van der Waals surface area contributed by atoms with E-state index >= 15 is 0 Å². The van der Waals surface area contributed by atoms with Crippen LogP contribution in [0.2, 0.25) is 0 Å². The lowest BCUT2D eigenvalue weighted by atomic mass is 10.3. The average Bonchev–Trinajstić information content (AvgIpc) is 2.26. The normalized spacial score (nSPS) is 12.4. The van der Waals surface area contributed by atoms with Crippen LogP contribution in [0, 0.1) is 0 Å². The molecule has 1 aromatic rings. The van der Waals surface area contributed by atoms with Gasteiger partial charge in [0.15, 0.2) is 5.94 Å². The van der Waals surface area contributed by atoms with Gasteiger partial charge in [-0.05, 0) is 12.1 Å². The smallest absolute Gasteiger partial charge is 0.411 e. The van der Waals surface area contributed by atoms with Crippen LogP contribution in [0.25, 0.3) is 0 Å². The third kappa shape index (κ3) is 4.60. The molecule has 0 aromatic heterocycles. The van der Waals surface area contributed by atoms with Crippen molar-refractivity contribution in [1.82, 2.24) is 0 Å². The topological polar surface area (TPSA) is 78.6 Å². The largest absolute Gasteiger partial charge is 0.495 e. The summed E-state index contributed by atoms with van der Waals surface area (Å²) in [6, 6.07) is 3.72. The van der Waals surface area contributed by atoms with Crippen LogP contribution in [-0.2, 0) is 14.6 Å². The molecule has 0 aliphatic carbocycles. The zero-order valence-electron chi connectivity index (χ0n) is 9.90. The molecule has 19 heavy (non-hydrogen) atoms. The molecule has 0 unspecified atom stereocenters. The summed E-state index contributed by atoms with van der Waals surface area (Å²) >= 11 is 0. The molecule has 0 heterocycles. The Kier molecular flexibility index (Phi) is 4.64. The molecule has 0 fully saturated rings. The van der Waals surface area contributed by atoms with Gasteiger partial charge in [0.25, 0.3) is 0 Å². The second-order valence-corrected chi connectivity index (χ2v) is 5.51. The first-order chi connectivity index (χ1) is 8.65. The van der Waals surface area contributed by atoms with Crippen molar-refractivity contribution >= 4 is 15.5 Å². The van der Waals surface area contributed by atoms with Gasteiger partial charge in [0.05, 0.1) is 7.11 Å². The molecule has 0 spiro atoms. The van der Waals surface area contributed by atoms with Crippen LogP contribution in [0.5, 0.6) is 5.75 Å². The van der Waals surface area contributed by atoms with Gasteiger partial charge in [-0.1, -0.05) is 0 Å². The number of nitrogen functional groups attached to an aromatic ring is 1. The van der Waals surface area contributed by atoms with Crippen molar-refractivity contribution in [2.45, 2.75) is 11.1 Å². The number of nitrogens with two attached hydrogens (primary N) is 1. The molecule has 0 atom stereocenters. The number of methoxy groups -OCH3 is 1. The second kappa shape index (κ2) is 5.66. The van der Waals surface area contributed by atoms with E-state index in [-0.39, 0.29) is 16.3 Å². The fourth-order valence-corrected chi connectivity index (χ4v) is 2.43. The first-order valence-electron chi connectivity index (χ1n) is 4.96. The highest BCUT2D eigenvalue weighted by Crippen LogP contribution is 2.27. The molecule has 108 valence electrons. The van der Waals surface area contributed by atoms with Gasteiger partial charge in [-0.15, -0.1) is 0 Å². The fourth-order valence-electron chi connectivity index (χ4n) is 1.27. The first kappa shape index (κ1) is 15.6. The van der Waals surface area contributed by atoms with E-state index in [1.807, 2.05) is 0 Å². The van der Waals surface area contributed by atoms with Gasteiger partial charge < -0.3 is 15.2 Å². The van der Waals surface area contributed by atoms with Gasteiger partial charge in [-0.3, -0.25) is 0 Å². The van der Waals surface area contributed by atoms with Crippen LogP contribution < -0.4 is 10.5 Å². The molecule has 5 nitrogen and oxygen atoms in total. The lowest BCUT2D eigenvalue weighted by molar-refractivity contribution is -0.169. The molecule has 0 bridgehead atoms. The summed E-state index contributed by atoms with van der Waals surface area (Å²) < 4.78 is 68.2. The number of halogens is 3. The number of ether oxygens (including phenoxy) is 2. The molecule has 0 aliphatic rings. The minimum atomic E-state index is -4.58. The summed E-state index contributed by atoms with van der Waals surface area (Å²) in [7, 11) is -2.82. The Labute approximate surface area is 108 Å². The highest BCUT2D eigenvalue weighted by atomic mass is 32.2. The molecule has 9 heteroatoms. The van der Waals surface area contributed by atoms with Crippen LogP contribution in [-0.4, -0.2) is 34.2 Å². The number of hydrogen-bond donors (Lipinski definition) is 1. The minimum Gasteiger partial charge on any atom is -0.495 e. The Morgan fingerprint density at radius 2 is 1.95 bits per heavy atom. The van der Waals surface area contributed by atoms with E-state index in [1.54, 1.807) is 0 Å². The van der Waals surface area contributed by atoms with E-state index in [0.29, 0.717) is 0 Å². The van der Waals surface area contributed by atoms with Gasteiger partial charge in [0.2, 0.25) is 9.84 Å². The molecule has 1 aromatic carbocycles. The van der Waals surface area contributed by atoms with Gasteiger partial charge >= 0.3 is 6.18 Å². The van der Waals surface area contributed by atoms with E-state index in [1.165, 1.54) is 19.2 Å². The van der Waals surface area contributed by atoms with Gasteiger partial charge in [0.1, 0.15) is 17.3 Å². The maximum Gasteiger partial charge on any atom is 0.411 e. The Hall–Kier alpha value is -1.48. The summed E-state index contributed by atoms with van der Waals surface area (Å²) in [5.41, 5.74) is 5.72. The fraction of sp³-hybridized carbons (Fsp3) is 0.400. The van der Waals surface area contributed by atoms with Gasteiger partial charge in [-0.25, -0.2) is 8.42 Å². The minimum absolute atomic E-state index is 0.0457. The molecular formula is C10H12F3NO4S. The van der Waals surface area contributed by atoms with Crippen molar-refractivity contribution in [3.63, 3.8) is 0 Å². The van der Waals surface area contributed by atoms with Gasteiger partial charge in [-0.2, -0.15) is 13.2 Å². The quantitative estimate of drug-likeness (QED) is 0.835. The summed E-state index contributed by atoms with van der Waals surface area (Å²) in [6.07, 6.45) is -4.58. The molecule has 0 saturated heterocycles. The summed E-state index contributed by atoms with van der Waals surface area (Å²) in [6.45, 7) is -1.64. The Morgan fingerprint density at radius 3 is 2.47 bits per heavy atom. The zero-order chi connectivity index (χ0) is 14.7. The highest BCUT2D eigenvalue weighted by Gasteiger charge is 2.29. The molecule has 1 rings (SSSR count). The lowest BCUT2D eigenvalue weighted by Gasteiger charge is -2.11. The van der Waals surface area contributed by atoms with E-state index in [4.69, 9.17) is 10.5 Å². The van der Waals surface area contributed by atoms with Crippen molar-refractivity contribution in [1.29, 1.82) is 0 Å². The molecular weight excluding hydrogens is 287 g/mol. The Morgan fingerprint density at radius 1 is 1.32 bits per heavy atom. The SMILES string of the molecule is COc1cc(N)ccc1S(=O)(=O)COCC(F)(F)F. The van der Waals surface area contributed by atoms with Crippen LogP contribution in [0.3, 0.4) is 0 Å². The van der Waals surface area contributed by atoms with E-state index < -0.39 is 28.6 Å². The van der Waals surface area contributed by atoms with E-state index in [9.17, 15) is 21.6 Å². The van der Waals surface area contributed by atoms with Crippen molar-refractivity contribution < 1.29 is 31.1 Å². The second-order valence-electron chi connectivity index (χ2n) is 3.61. The van der Waals surface area contributed by atoms with Crippen molar-refractivity contribution in [3.8, 4) is 5.75 Å². The molecule has 0 saturated carbocycles. The first-order valence-corrected chi connectivity index (χ1v) is 6.62. The molecule has 2 N–H and O–H groups in total. The maximum absolute atomic E-state index is 11.9. The number of anilines is 1. The maximum atomic E-state index is 11.9. The van der Waals surface area contributed by atoms with Crippen LogP contribution >= 0.6 is 0 Å². The molecule has 0 aliphatic heterocycles. The number of sulfone groups is 1. The van der Waals surface area contributed by atoms with Crippen molar-refractivity contribution in [2.75, 3.05) is 25.4 Å². The third-order valence-corrected chi connectivity index (χ3v) is 3.51. The summed E-state index contributed by atoms with van der Waals surface area (Å²) in [5.74, 6) is -1.14. The zero-order valence-corrected chi connectivity index (χ0v) is 10.7. The van der Waals surface area contributed by atoms with E-state index in [2.05, 4.69) is 4.74 Å². The number of benzene rings is 1. The lowest BCUT2D eigenvalue weighted by Crippen LogP contribution is -2.21. The van der Waals surface area contributed by atoms with Crippen LogP contribution in [0.4, 0.5) is 18.9 Å². The summed E-state index contributed by atoms with van der Waals surface area (Å²) in [4.78, 5) is -0.272. The molecule has 0 radical (unpaired) electrons. The average molecular weight is 299 g/mol. The van der Waals surface area contributed by atoms with Gasteiger partial charge in [0, 0.05) is 11.8 Å². The monoisotopic (exact) mass is 299 g/mol. The standard InChI is InChI=1S/C10H12F3NO4S/c1-17-8-4-7(14)2-3-9(8)19(15,16)6-18-5-10(11,12)13/h2-4H,5-6,14H2,1H3. The van der Waals surface area contributed by atoms with Crippen LogP contribution in [0.1, 0.15) is 0 Å². The number of hydrogen-bond acceptors (Lipinski definition) is 5.